The molecule has 0 radical (unpaired) electrons. The van der Waals surface area contributed by atoms with Crippen LogP contribution in [0.5, 0.6) is 11.5 Å². The fourth-order valence-electron chi connectivity index (χ4n) is 3.86. The summed E-state index contributed by atoms with van der Waals surface area (Å²) in [6.45, 7) is 3.58. The fourth-order valence-corrected chi connectivity index (χ4v) is 5.45. The SMILES string of the molecule is C[C@H](NC(=O)C1CCN(S(=O)(=O)c2ccc(Cl)cc2)CC1)c1ccc2c(c1)OCCO2. The summed E-state index contributed by atoms with van der Waals surface area (Å²) in [6.07, 6.45) is 0.957. The van der Waals surface area contributed by atoms with E-state index in [9.17, 15) is 13.2 Å². The first-order chi connectivity index (χ1) is 14.8. The number of hydrogen-bond acceptors (Lipinski definition) is 5. The van der Waals surface area contributed by atoms with Gasteiger partial charge in [-0.1, -0.05) is 17.7 Å². The lowest BCUT2D eigenvalue weighted by molar-refractivity contribution is -0.126. The molecule has 166 valence electrons. The van der Waals surface area contributed by atoms with Crippen LogP contribution >= 0.6 is 11.6 Å². The highest BCUT2D eigenvalue weighted by Crippen LogP contribution is 2.33. The van der Waals surface area contributed by atoms with E-state index in [0.717, 1.165) is 5.56 Å². The molecule has 2 aliphatic heterocycles. The standard InChI is InChI=1S/C22H25ClN2O5S/c1-15(17-2-7-20-21(14-17)30-13-12-29-20)24-22(26)16-8-10-25(11-9-16)31(27,28)19-5-3-18(23)4-6-19/h2-7,14-16H,8-13H2,1H3,(H,24,26)/t15-/m0/s1. The number of rotatable bonds is 5. The van der Waals surface area contributed by atoms with Crippen LogP contribution in [0.2, 0.25) is 5.02 Å². The summed E-state index contributed by atoms with van der Waals surface area (Å²) in [7, 11) is -3.59. The summed E-state index contributed by atoms with van der Waals surface area (Å²) in [4.78, 5) is 13.0. The van der Waals surface area contributed by atoms with Crippen LogP contribution in [0.1, 0.15) is 31.4 Å². The smallest absolute Gasteiger partial charge is 0.243 e. The van der Waals surface area contributed by atoms with Crippen molar-refractivity contribution in [3.05, 3.63) is 53.1 Å². The highest BCUT2D eigenvalue weighted by atomic mass is 35.5. The van der Waals surface area contributed by atoms with Crippen molar-refractivity contribution < 1.29 is 22.7 Å². The third-order valence-corrected chi connectivity index (χ3v) is 7.87. The summed E-state index contributed by atoms with van der Waals surface area (Å²) in [5.41, 5.74) is 0.931. The Morgan fingerprint density at radius 2 is 1.71 bits per heavy atom. The maximum atomic E-state index is 12.8. The summed E-state index contributed by atoms with van der Waals surface area (Å²) in [5, 5.41) is 3.53. The molecule has 0 unspecified atom stereocenters. The van der Waals surface area contributed by atoms with Crippen LogP contribution in [0.25, 0.3) is 0 Å². The van der Waals surface area contributed by atoms with Crippen molar-refractivity contribution in [2.75, 3.05) is 26.3 Å². The van der Waals surface area contributed by atoms with Gasteiger partial charge < -0.3 is 14.8 Å². The van der Waals surface area contributed by atoms with Crippen molar-refractivity contribution in [3.63, 3.8) is 0 Å². The number of sulfonamides is 1. The fraction of sp³-hybridized carbons (Fsp3) is 0.409. The van der Waals surface area contributed by atoms with Crippen LogP contribution in [-0.2, 0) is 14.8 Å². The Morgan fingerprint density at radius 3 is 2.39 bits per heavy atom. The largest absolute Gasteiger partial charge is 0.486 e. The highest BCUT2D eigenvalue weighted by molar-refractivity contribution is 7.89. The number of carbonyl (C=O) groups excluding carboxylic acids is 1. The quantitative estimate of drug-likeness (QED) is 0.733. The Balaban J connectivity index is 1.34. The number of hydrogen-bond donors (Lipinski definition) is 1. The van der Waals surface area contributed by atoms with Gasteiger partial charge in [0.15, 0.2) is 11.5 Å². The molecule has 0 aromatic heterocycles. The average Bonchev–Trinajstić information content (AvgIpc) is 2.79. The minimum absolute atomic E-state index is 0.0640. The van der Waals surface area contributed by atoms with E-state index >= 15 is 0 Å². The Bertz CT molecular complexity index is 1050. The maximum Gasteiger partial charge on any atom is 0.243 e. The zero-order valence-electron chi connectivity index (χ0n) is 17.2. The van der Waals surface area contributed by atoms with Gasteiger partial charge in [-0.3, -0.25) is 4.79 Å². The summed E-state index contributed by atoms with van der Waals surface area (Å²) < 4.78 is 38.2. The molecule has 9 heteroatoms. The third kappa shape index (κ3) is 4.81. The summed E-state index contributed by atoms with van der Waals surface area (Å²) in [6, 6.07) is 11.6. The normalized spacial score (nSPS) is 18.4. The van der Waals surface area contributed by atoms with Crippen molar-refractivity contribution >= 4 is 27.5 Å². The first-order valence-electron chi connectivity index (χ1n) is 10.3. The number of piperidine rings is 1. The lowest BCUT2D eigenvalue weighted by Crippen LogP contribution is -2.43. The zero-order valence-corrected chi connectivity index (χ0v) is 18.8. The second-order valence-electron chi connectivity index (χ2n) is 7.77. The Morgan fingerprint density at radius 1 is 1.06 bits per heavy atom. The van der Waals surface area contributed by atoms with E-state index < -0.39 is 10.0 Å². The number of carbonyl (C=O) groups is 1. The van der Waals surface area contributed by atoms with E-state index in [-0.39, 0.29) is 22.8 Å². The van der Waals surface area contributed by atoms with Gasteiger partial charge in [-0.2, -0.15) is 4.31 Å². The van der Waals surface area contributed by atoms with Gasteiger partial charge in [0, 0.05) is 24.0 Å². The lowest BCUT2D eigenvalue weighted by Gasteiger charge is -2.31. The van der Waals surface area contributed by atoms with Gasteiger partial charge in [0.05, 0.1) is 10.9 Å². The van der Waals surface area contributed by atoms with Gasteiger partial charge in [0.2, 0.25) is 15.9 Å². The first-order valence-corrected chi connectivity index (χ1v) is 12.1. The number of ether oxygens (including phenoxy) is 2. The molecule has 0 aliphatic carbocycles. The molecule has 2 heterocycles. The van der Waals surface area contributed by atoms with E-state index in [2.05, 4.69) is 5.32 Å². The molecular weight excluding hydrogens is 440 g/mol. The van der Waals surface area contributed by atoms with E-state index in [4.69, 9.17) is 21.1 Å². The van der Waals surface area contributed by atoms with Crippen LogP contribution in [-0.4, -0.2) is 44.9 Å². The molecule has 2 aliphatic rings. The molecule has 4 rings (SSSR count). The molecule has 0 bridgehead atoms. The molecule has 2 aromatic rings. The van der Waals surface area contributed by atoms with Gasteiger partial charge in [-0.15, -0.1) is 0 Å². The minimum atomic E-state index is -3.59. The Labute approximate surface area is 187 Å². The molecule has 0 spiro atoms. The number of halogens is 1. The van der Waals surface area contributed by atoms with Gasteiger partial charge in [0.1, 0.15) is 13.2 Å². The number of nitrogens with zero attached hydrogens (tertiary/aromatic N) is 1. The predicted molar refractivity (Wildman–Crippen MR) is 117 cm³/mol. The summed E-state index contributed by atoms with van der Waals surface area (Å²) >= 11 is 5.86. The van der Waals surface area contributed by atoms with Crippen molar-refractivity contribution in [1.82, 2.24) is 9.62 Å². The average molecular weight is 465 g/mol. The second-order valence-corrected chi connectivity index (χ2v) is 10.1. The highest BCUT2D eigenvalue weighted by Gasteiger charge is 2.32. The molecule has 1 atom stereocenters. The van der Waals surface area contributed by atoms with Gasteiger partial charge in [0.25, 0.3) is 0 Å². The topological polar surface area (TPSA) is 84.9 Å². The summed E-state index contributed by atoms with van der Waals surface area (Å²) in [5.74, 6) is 1.11. The molecule has 1 N–H and O–H groups in total. The molecule has 2 aromatic carbocycles. The van der Waals surface area contributed by atoms with Crippen LogP contribution < -0.4 is 14.8 Å². The third-order valence-electron chi connectivity index (χ3n) is 5.70. The van der Waals surface area contributed by atoms with E-state index in [1.807, 2.05) is 25.1 Å². The lowest BCUT2D eigenvalue weighted by atomic mass is 9.96. The van der Waals surface area contributed by atoms with Gasteiger partial charge in [-0.05, 0) is 61.7 Å². The number of nitrogens with one attached hydrogen (secondary N) is 1. The number of benzene rings is 2. The van der Waals surface area contributed by atoms with Crippen LogP contribution in [0, 0.1) is 5.92 Å². The number of fused-ring (bicyclic) bond motifs is 1. The molecule has 1 amide bonds. The first kappa shape index (κ1) is 21.9. The minimum Gasteiger partial charge on any atom is -0.486 e. The Hall–Kier alpha value is -2.29. The molecule has 0 saturated carbocycles. The van der Waals surface area contributed by atoms with E-state index in [0.29, 0.717) is 55.7 Å². The van der Waals surface area contributed by atoms with Crippen LogP contribution in [0.4, 0.5) is 0 Å². The Kier molecular flexibility index (Phi) is 6.41. The van der Waals surface area contributed by atoms with Crippen LogP contribution in [0.3, 0.4) is 0 Å². The molecule has 1 saturated heterocycles. The van der Waals surface area contributed by atoms with E-state index in [1.54, 1.807) is 12.1 Å². The second kappa shape index (κ2) is 9.06. The van der Waals surface area contributed by atoms with Gasteiger partial charge >= 0.3 is 0 Å². The van der Waals surface area contributed by atoms with Crippen molar-refractivity contribution in [3.8, 4) is 11.5 Å². The maximum absolute atomic E-state index is 12.8. The number of amides is 1. The van der Waals surface area contributed by atoms with Gasteiger partial charge in [-0.25, -0.2) is 8.42 Å². The van der Waals surface area contributed by atoms with Crippen molar-refractivity contribution in [2.45, 2.75) is 30.7 Å². The van der Waals surface area contributed by atoms with E-state index in [1.165, 1.54) is 16.4 Å². The van der Waals surface area contributed by atoms with Crippen molar-refractivity contribution in [1.29, 1.82) is 0 Å². The monoisotopic (exact) mass is 464 g/mol. The molecule has 7 nitrogen and oxygen atoms in total. The molecule has 1 fully saturated rings. The van der Waals surface area contributed by atoms with Crippen molar-refractivity contribution in [2.24, 2.45) is 5.92 Å². The molecule has 31 heavy (non-hydrogen) atoms. The molecular formula is C22H25ClN2O5S. The predicted octanol–water partition coefficient (Wildman–Crippen LogP) is 3.39. The van der Waals surface area contributed by atoms with Crippen LogP contribution in [0.15, 0.2) is 47.4 Å². The zero-order chi connectivity index (χ0) is 22.0.